The molecular formula is C24H27N5O2. The third-order valence-electron chi connectivity index (χ3n) is 5.60. The van der Waals surface area contributed by atoms with Gasteiger partial charge in [0.25, 0.3) is 5.91 Å². The van der Waals surface area contributed by atoms with Crippen LogP contribution in [0, 0.1) is 6.92 Å². The number of aryl methyl sites for hydroxylation is 3. The van der Waals surface area contributed by atoms with Crippen molar-refractivity contribution in [2.75, 3.05) is 26.2 Å². The molecule has 31 heavy (non-hydrogen) atoms. The Hall–Kier alpha value is -3.48. The molecule has 7 heteroatoms. The van der Waals surface area contributed by atoms with E-state index in [0.717, 1.165) is 23.5 Å². The molecule has 0 unspecified atom stereocenters. The summed E-state index contributed by atoms with van der Waals surface area (Å²) in [5, 5.41) is 4.60. The lowest BCUT2D eigenvalue weighted by Crippen LogP contribution is -2.50. The van der Waals surface area contributed by atoms with Crippen LogP contribution in [0.4, 0.5) is 0 Å². The van der Waals surface area contributed by atoms with Gasteiger partial charge in [0.15, 0.2) is 0 Å². The summed E-state index contributed by atoms with van der Waals surface area (Å²) in [6.07, 6.45) is 1.49. The first kappa shape index (κ1) is 20.8. The second-order valence-corrected chi connectivity index (χ2v) is 7.89. The maximum Gasteiger partial charge on any atom is 0.293 e. The lowest BCUT2D eigenvalue weighted by molar-refractivity contribution is -0.130. The monoisotopic (exact) mass is 417 g/mol. The van der Waals surface area contributed by atoms with Crippen molar-refractivity contribution < 1.29 is 9.59 Å². The van der Waals surface area contributed by atoms with Crippen molar-refractivity contribution in [2.45, 2.75) is 26.7 Å². The van der Waals surface area contributed by atoms with Crippen molar-refractivity contribution >= 4 is 11.8 Å². The Labute approximate surface area is 182 Å². The van der Waals surface area contributed by atoms with Crippen LogP contribution in [0.3, 0.4) is 0 Å². The first-order valence-corrected chi connectivity index (χ1v) is 10.6. The maximum atomic E-state index is 13.1. The normalized spacial score (nSPS) is 14.0. The van der Waals surface area contributed by atoms with Crippen molar-refractivity contribution in [1.82, 2.24) is 24.6 Å². The molecule has 0 spiro atoms. The third kappa shape index (κ3) is 4.82. The van der Waals surface area contributed by atoms with Crippen molar-refractivity contribution in [3.63, 3.8) is 0 Å². The molecule has 2 heterocycles. The van der Waals surface area contributed by atoms with E-state index in [1.807, 2.05) is 49.4 Å². The van der Waals surface area contributed by atoms with Gasteiger partial charge < -0.3 is 9.80 Å². The van der Waals surface area contributed by atoms with E-state index in [0.29, 0.717) is 32.6 Å². The minimum absolute atomic E-state index is 0.0390. The molecule has 160 valence electrons. The number of aromatic nitrogens is 3. The number of benzene rings is 2. The van der Waals surface area contributed by atoms with Gasteiger partial charge in [-0.3, -0.25) is 9.59 Å². The molecule has 1 fully saturated rings. The van der Waals surface area contributed by atoms with Gasteiger partial charge in [-0.2, -0.15) is 0 Å². The highest BCUT2D eigenvalue weighted by Crippen LogP contribution is 2.16. The standard InChI is InChI=1S/C24H27N5O2/c1-18-7-6-10-21(17-18)29-22(12-11-20-8-4-3-5-9-20)25-23(26-29)24(31)28-15-13-27(14-16-28)19(2)30/h3-10,17H,11-16H2,1-2H3. The van der Waals surface area contributed by atoms with Gasteiger partial charge in [-0.15, -0.1) is 5.10 Å². The Morgan fingerprint density at radius 2 is 1.61 bits per heavy atom. The number of hydrogen-bond donors (Lipinski definition) is 0. The number of hydrogen-bond acceptors (Lipinski definition) is 4. The molecule has 4 rings (SSSR count). The summed E-state index contributed by atoms with van der Waals surface area (Å²) >= 11 is 0. The largest absolute Gasteiger partial charge is 0.339 e. The Kier molecular flexibility index (Phi) is 6.11. The molecule has 2 aromatic carbocycles. The van der Waals surface area contributed by atoms with E-state index >= 15 is 0 Å². The molecule has 7 nitrogen and oxygen atoms in total. The van der Waals surface area contributed by atoms with E-state index in [-0.39, 0.29) is 17.6 Å². The summed E-state index contributed by atoms with van der Waals surface area (Å²) in [7, 11) is 0. The Morgan fingerprint density at radius 1 is 0.903 bits per heavy atom. The second-order valence-electron chi connectivity index (χ2n) is 7.89. The van der Waals surface area contributed by atoms with Gasteiger partial charge in [-0.1, -0.05) is 42.5 Å². The summed E-state index contributed by atoms with van der Waals surface area (Å²) < 4.78 is 1.79. The minimum atomic E-state index is -0.185. The fourth-order valence-electron chi connectivity index (χ4n) is 3.83. The van der Waals surface area contributed by atoms with Crippen LogP contribution in [-0.4, -0.2) is 62.6 Å². The third-order valence-corrected chi connectivity index (χ3v) is 5.60. The Balaban J connectivity index is 1.58. The molecule has 0 aliphatic carbocycles. The first-order chi connectivity index (χ1) is 15.0. The number of amides is 2. The topological polar surface area (TPSA) is 71.3 Å². The summed E-state index contributed by atoms with van der Waals surface area (Å²) in [6.45, 7) is 5.67. The number of piperazine rings is 1. The van der Waals surface area contributed by atoms with Gasteiger partial charge in [0, 0.05) is 39.5 Å². The molecule has 2 amide bonds. The lowest BCUT2D eigenvalue weighted by Gasteiger charge is -2.33. The van der Waals surface area contributed by atoms with E-state index in [4.69, 9.17) is 0 Å². The molecule has 0 N–H and O–H groups in total. The SMILES string of the molecule is CC(=O)N1CCN(C(=O)c2nc(CCc3ccccc3)n(-c3cccc(C)c3)n2)CC1. The predicted octanol–water partition coefficient (Wildman–Crippen LogP) is 2.67. The van der Waals surface area contributed by atoms with Gasteiger partial charge in [0.1, 0.15) is 5.82 Å². The van der Waals surface area contributed by atoms with Crippen LogP contribution in [0.25, 0.3) is 5.69 Å². The van der Waals surface area contributed by atoms with Crippen LogP contribution in [0.15, 0.2) is 54.6 Å². The molecule has 0 saturated carbocycles. The Morgan fingerprint density at radius 3 is 2.29 bits per heavy atom. The average molecular weight is 418 g/mol. The first-order valence-electron chi connectivity index (χ1n) is 10.6. The van der Waals surface area contributed by atoms with Crippen molar-refractivity contribution in [1.29, 1.82) is 0 Å². The highest BCUT2D eigenvalue weighted by atomic mass is 16.2. The summed E-state index contributed by atoms with van der Waals surface area (Å²) in [4.78, 5) is 32.8. The molecule has 0 radical (unpaired) electrons. The fraction of sp³-hybridized carbons (Fsp3) is 0.333. The van der Waals surface area contributed by atoms with E-state index in [2.05, 4.69) is 22.2 Å². The van der Waals surface area contributed by atoms with Gasteiger partial charge >= 0.3 is 0 Å². The average Bonchev–Trinajstić information content (AvgIpc) is 3.22. The Bertz CT molecular complexity index is 1070. The van der Waals surface area contributed by atoms with Gasteiger partial charge in [-0.05, 0) is 36.6 Å². The van der Waals surface area contributed by atoms with Crippen LogP contribution >= 0.6 is 0 Å². The molecule has 0 bridgehead atoms. The van der Waals surface area contributed by atoms with Crippen LogP contribution in [0.5, 0.6) is 0 Å². The van der Waals surface area contributed by atoms with Gasteiger partial charge in [0.05, 0.1) is 5.69 Å². The number of nitrogens with zero attached hydrogens (tertiary/aromatic N) is 5. The molecule has 1 aliphatic heterocycles. The smallest absolute Gasteiger partial charge is 0.293 e. The quantitative estimate of drug-likeness (QED) is 0.640. The van der Waals surface area contributed by atoms with Crippen molar-refractivity contribution in [3.05, 3.63) is 77.4 Å². The number of carbonyl (C=O) groups excluding carboxylic acids is 2. The van der Waals surface area contributed by atoms with E-state index in [1.54, 1.807) is 21.4 Å². The second kappa shape index (κ2) is 9.12. The molecule has 1 saturated heterocycles. The zero-order valence-electron chi connectivity index (χ0n) is 18.0. The maximum absolute atomic E-state index is 13.1. The highest BCUT2D eigenvalue weighted by Gasteiger charge is 2.27. The van der Waals surface area contributed by atoms with E-state index < -0.39 is 0 Å². The van der Waals surface area contributed by atoms with Crippen molar-refractivity contribution in [2.24, 2.45) is 0 Å². The minimum Gasteiger partial charge on any atom is -0.339 e. The summed E-state index contributed by atoms with van der Waals surface area (Å²) in [6, 6.07) is 18.3. The van der Waals surface area contributed by atoms with Crippen LogP contribution in [0.2, 0.25) is 0 Å². The van der Waals surface area contributed by atoms with Crippen LogP contribution < -0.4 is 0 Å². The lowest BCUT2D eigenvalue weighted by atomic mass is 10.1. The molecular weight excluding hydrogens is 390 g/mol. The number of rotatable bonds is 5. The zero-order valence-corrected chi connectivity index (χ0v) is 18.0. The van der Waals surface area contributed by atoms with E-state index in [9.17, 15) is 9.59 Å². The predicted molar refractivity (Wildman–Crippen MR) is 118 cm³/mol. The highest BCUT2D eigenvalue weighted by molar-refractivity contribution is 5.90. The van der Waals surface area contributed by atoms with Crippen LogP contribution in [-0.2, 0) is 17.6 Å². The molecule has 3 aromatic rings. The number of carbonyl (C=O) groups is 2. The van der Waals surface area contributed by atoms with Gasteiger partial charge in [-0.25, -0.2) is 9.67 Å². The van der Waals surface area contributed by atoms with Crippen LogP contribution in [0.1, 0.15) is 34.5 Å². The fourth-order valence-corrected chi connectivity index (χ4v) is 3.83. The molecule has 1 aliphatic rings. The van der Waals surface area contributed by atoms with E-state index in [1.165, 1.54) is 5.56 Å². The van der Waals surface area contributed by atoms with Crippen molar-refractivity contribution in [3.8, 4) is 5.69 Å². The summed E-state index contributed by atoms with van der Waals surface area (Å²) in [5.74, 6) is 0.828. The molecule has 0 atom stereocenters. The molecule has 1 aromatic heterocycles. The zero-order chi connectivity index (χ0) is 21.8. The summed E-state index contributed by atoms with van der Waals surface area (Å²) in [5.41, 5.74) is 3.24. The van der Waals surface area contributed by atoms with Gasteiger partial charge in [0.2, 0.25) is 11.7 Å².